The Hall–Kier alpha value is -2.05. The number of nitrogens with zero attached hydrogens (tertiary/aromatic N) is 1. The number of hydrogen-bond donors (Lipinski definition) is 1. The molecule has 1 atom stereocenters. The number of aryl methyl sites for hydroxylation is 1. The van der Waals surface area contributed by atoms with Crippen LogP contribution in [0.15, 0.2) is 46.9 Å². The molecule has 0 spiro atoms. The van der Waals surface area contributed by atoms with Crippen LogP contribution in [0.1, 0.15) is 31.9 Å². The Kier molecular flexibility index (Phi) is 8.99. The Balaban J connectivity index is 2.15. The van der Waals surface area contributed by atoms with Crippen LogP contribution in [0.25, 0.3) is 0 Å². The van der Waals surface area contributed by atoms with Crippen molar-refractivity contribution in [1.82, 2.24) is 10.2 Å². The van der Waals surface area contributed by atoms with Crippen molar-refractivity contribution in [1.29, 1.82) is 0 Å². The van der Waals surface area contributed by atoms with Crippen molar-refractivity contribution in [3.05, 3.63) is 63.1 Å². The molecule has 2 aromatic carbocycles. The minimum Gasteiger partial charge on any atom is -0.483 e. The highest BCUT2D eigenvalue weighted by Crippen LogP contribution is 2.26. The number of carbonyl (C=O) groups is 2. The van der Waals surface area contributed by atoms with Gasteiger partial charge in [-0.2, -0.15) is 0 Å². The largest absolute Gasteiger partial charge is 0.483 e. The summed E-state index contributed by atoms with van der Waals surface area (Å²) in [4.78, 5) is 26.8. The molecule has 2 aromatic rings. The average Bonchev–Trinajstić information content (AvgIpc) is 2.70. The van der Waals surface area contributed by atoms with Crippen molar-refractivity contribution in [2.24, 2.45) is 0 Å². The first kappa shape index (κ1) is 23.2. The molecular weight excluding hydrogens is 456 g/mol. The summed E-state index contributed by atoms with van der Waals surface area (Å²) < 4.78 is 6.53. The summed E-state index contributed by atoms with van der Waals surface area (Å²) in [7, 11) is 0. The molecule has 0 unspecified atom stereocenters. The van der Waals surface area contributed by atoms with Gasteiger partial charge in [-0.1, -0.05) is 36.7 Å². The summed E-state index contributed by atoms with van der Waals surface area (Å²) in [5, 5.41) is 3.35. The first-order chi connectivity index (χ1) is 13.8. The first-order valence-corrected chi connectivity index (χ1v) is 10.8. The molecule has 0 fully saturated rings. The molecule has 0 bridgehead atoms. The van der Waals surface area contributed by atoms with Gasteiger partial charge in [-0.25, -0.2) is 0 Å². The van der Waals surface area contributed by atoms with Crippen LogP contribution in [0.5, 0.6) is 5.75 Å². The summed E-state index contributed by atoms with van der Waals surface area (Å²) in [6, 6.07) is 12.4. The zero-order valence-corrected chi connectivity index (χ0v) is 19.2. The molecule has 0 aliphatic carbocycles. The first-order valence-electron chi connectivity index (χ1n) is 9.58. The van der Waals surface area contributed by atoms with Crippen LogP contribution in [0.2, 0.25) is 5.02 Å². The lowest BCUT2D eigenvalue weighted by Crippen LogP contribution is -2.49. The van der Waals surface area contributed by atoms with Crippen LogP contribution in [0.4, 0.5) is 0 Å². The third-order valence-corrected chi connectivity index (χ3v) is 5.37. The second-order valence-electron chi connectivity index (χ2n) is 6.63. The van der Waals surface area contributed by atoms with E-state index in [1.165, 1.54) is 10.5 Å². The molecule has 29 heavy (non-hydrogen) atoms. The highest BCUT2D eigenvalue weighted by Gasteiger charge is 2.26. The van der Waals surface area contributed by atoms with Gasteiger partial charge in [-0.15, -0.1) is 0 Å². The highest BCUT2D eigenvalue weighted by molar-refractivity contribution is 9.10. The van der Waals surface area contributed by atoms with Gasteiger partial charge in [-0.05, 0) is 71.6 Å². The Morgan fingerprint density at radius 2 is 1.93 bits per heavy atom. The number of rotatable bonds is 9. The van der Waals surface area contributed by atoms with E-state index in [0.717, 1.165) is 16.5 Å². The molecule has 156 valence electrons. The molecule has 0 heterocycles. The monoisotopic (exact) mass is 480 g/mol. The quantitative estimate of drug-likeness (QED) is 0.569. The predicted octanol–water partition coefficient (Wildman–Crippen LogP) is 4.60. The molecule has 0 aliphatic rings. The van der Waals surface area contributed by atoms with E-state index in [-0.39, 0.29) is 25.0 Å². The van der Waals surface area contributed by atoms with E-state index in [0.29, 0.717) is 17.3 Å². The molecule has 2 rings (SSSR count). The van der Waals surface area contributed by atoms with E-state index >= 15 is 0 Å². The molecular formula is C22H26BrClN2O3. The van der Waals surface area contributed by atoms with Crippen molar-refractivity contribution in [3.63, 3.8) is 0 Å². The summed E-state index contributed by atoms with van der Waals surface area (Å²) in [5.41, 5.74) is 2.01. The Morgan fingerprint density at radius 3 is 2.55 bits per heavy atom. The molecule has 0 saturated heterocycles. The van der Waals surface area contributed by atoms with Crippen LogP contribution in [-0.2, 0) is 22.6 Å². The normalized spacial score (nSPS) is 11.6. The van der Waals surface area contributed by atoms with Crippen LogP contribution < -0.4 is 10.1 Å². The van der Waals surface area contributed by atoms with Crippen molar-refractivity contribution >= 4 is 39.3 Å². The number of benzene rings is 2. The summed E-state index contributed by atoms with van der Waals surface area (Å²) in [6.07, 6.45) is 0.912. The Morgan fingerprint density at radius 1 is 1.17 bits per heavy atom. The molecule has 5 nitrogen and oxygen atoms in total. The maximum atomic E-state index is 13.0. The Bertz CT molecular complexity index is 860. The maximum absolute atomic E-state index is 13.0. The van der Waals surface area contributed by atoms with Gasteiger partial charge in [0, 0.05) is 18.1 Å². The number of ether oxygens (including phenoxy) is 1. The fourth-order valence-electron chi connectivity index (χ4n) is 2.84. The fourth-order valence-corrected chi connectivity index (χ4v) is 3.59. The van der Waals surface area contributed by atoms with Crippen molar-refractivity contribution < 1.29 is 14.3 Å². The molecule has 0 radical (unpaired) electrons. The van der Waals surface area contributed by atoms with Crippen LogP contribution in [-0.4, -0.2) is 35.9 Å². The number of amides is 2. The van der Waals surface area contributed by atoms with Crippen molar-refractivity contribution in [2.75, 3.05) is 13.2 Å². The second-order valence-corrected chi connectivity index (χ2v) is 7.92. The second kappa shape index (κ2) is 11.2. The number of nitrogens with one attached hydrogen (secondary N) is 1. The SMILES string of the molecule is CCNC(=O)[C@H](C)N(Cc1cccc(Cl)c1)C(=O)COc1ccc(CC)cc1Br. The van der Waals surface area contributed by atoms with Gasteiger partial charge < -0.3 is 15.0 Å². The zero-order valence-electron chi connectivity index (χ0n) is 16.9. The minimum atomic E-state index is -0.643. The highest BCUT2D eigenvalue weighted by atomic mass is 79.9. The van der Waals surface area contributed by atoms with Gasteiger partial charge in [-0.3, -0.25) is 9.59 Å². The lowest BCUT2D eigenvalue weighted by Gasteiger charge is -2.28. The van der Waals surface area contributed by atoms with Gasteiger partial charge >= 0.3 is 0 Å². The maximum Gasteiger partial charge on any atom is 0.261 e. The van der Waals surface area contributed by atoms with E-state index < -0.39 is 6.04 Å². The minimum absolute atomic E-state index is 0.172. The topological polar surface area (TPSA) is 58.6 Å². The van der Waals surface area contributed by atoms with Gasteiger partial charge in [0.2, 0.25) is 5.91 Å². The lowest BCUT2D eigenvalue weighted by atomic mass is 10.1. The predicted molar refractivity (Wildman–Crippen MR) is 119 cm³/mol. The van der Waals surface area contributed by atoms with Crippen LogP contribution in [0.3, 0.4) is 0 Å². The van der Waals surface area contributed by atoms with E-state index in [1.54, 1.807) is 19.1 Å². The van der Waals surface area contributed by atoms with Crippen LogP contribution >= 0.6 is 27.5 Å². The van der Waals surface area contributed by atoms with Gasteiger partial charge in [0.05, 0.1) is 4.47 Å². The van der Waals surface area contributed by atoms with E-state index in [4.69, 9.17) is 16.3 Å². The lowest BCUT2D eigenvalue weighted by molar-refractivity contribution is -0.142. The molecule has 0 saturated carbocycles. The average molecular weight is 482 g/mol. The molecule has 2 amide bonds. The van der Waals surface area contributed by atoms with Crippen molar-refractivity contribution in [2.45, 2.75) is 39.8 Å². The number of halogens is 2. The fraction of sp³-hybridized carbons (Fsp3) is 0.364. The van der Waals surface area contributed by atoms with Gasteiger partial charge in [0.1, 0.15) is 11.8 Å². The van der Waals surface area contributed by atoms with Crippen LogP contribution in [0, 0.1) is 0 Å². The molecule has 1 N–H and O–H groups in total. The third-order valence-electron chi connectivity index (χ3n) is 4.52. The van der Waals surface area contributed by atoms with E-state index in [1.807, 2.05) is 37.3 Å². The van der Waals surface area contributed by atoms with Crippen molar-refractivity contribution in [3.8, 4) is 5.75 Å². The standard InChI is InChI=1S/C22H26BrClN2O3/c1-4-16-9-10-20(19(23)12-16)29-14-21(27)26(15(3)22(28)25-5-2)13-17-7-6-8-18(24)11-17/h6-12,15H,4-5,13-14H2,1-3H3,(H,25,28)/t15-/m0/s1. The molecule has 0 aromatic heterocycles. The van der Waals surface area contributed by atoms with E-state index in [9.17, 15) is 9.59 Å². The van der Waals surface area contributed by atoms with Gasteiger partial charge in [0.25, 0.3) is 5.91 Å². The molecule has 7 heteroatoms. The van der Waals surface area contributed by atoms with E-state index in [2.05, 4.69) is 28.2 Å². The number of hydrogen-bond acceptors (Lipinski definition) is 3. The number of likely N-dealkylation sites (N-methyl/N-ethyl adjacent to an activating group) is 1. The smallest absolute Gasteiger partial charge is 0.261 e. The summed E-state index contributed by atoms with van der Waals surface area (Å²) in [5.74, 6) is 0.0930. The van der Waals surface area contributed by atoms with Gasteiger partial charge in [0.15, 0.2) is 6.61 Å². The summed E-state index contributed by atoms with van der Waals surface area (Å²) in [6.45, 7) is 6.21. The number of carbonyl (C=O) groups excluding carboxylic acids is 2. The molecule has 0 aliphatic heterocycles. The zero-order chi connectivity index (χ0) is 21.4. The Labute approximate surface area is 185 Å². The third kappa shape index (κ3) is 6.75. The summed E-state index contributed by atoms with van der Waals surface area (Å²) >= 11 is 9.55.